The molecule has 1 unspecified atom stereocenters. The first-order valence-corrected chi connectivity index (χ1v) is 9.36. The number of ether oxygens (including phenoxy) is 2. The fourth-order valence-electron chi connectivity index (χ4n) is 3.40. The lowest BCUT2D eigenvalue weighted by atomic mass is 9.98. The van der Waals surface area contributed by atoms with Gasteiger partial charge in [-0.25, -0.2) is 15.0 Å². The number of fused-ring (bicyclic) bond motifs is 3. The Kier molecular flexibility index (Phi) is 6.83. The second kappa shape index (κ2) is 9.72. The van der Waals surface area contributed by atoms with Crippen LogP contribution in [0.25, 0.3) is 11.1 Å². The third kappa shape index (κ3) is 4.98. The van der Waals surface area contributed by atoms with E-state index in [0.29, 0.717) is 0 Å². The second-order valence-electron chi connectivity index (χ2n) is 6.73. The summed E-state index contributed by atoms with van der Waals surface area (Å²) in [7, 11) is 1.27. The normalized spacial score (nSPS) is 12.8. The number of carbonyl (C=O) groups is 4. The third-order valence-corrected chi connectivity index (χ3v) is 4.78. The SMILES string of the molecule is COCC(NC(=O)C(=O)O)C(=O)NNC(=O)OCC1c2ccccc2-c2ccccc21. The van der Waals surface area contributed by atoms with Crippen molar-refractivity contribution in [1.82, 2.24) is 16.2 Å². The molecule has 0 radical (unpaired) electrons. The van der Waals surface area contributed by atoms with E-state index in [4.69, 9.17) is 14.6 Å². The molecule has 0 fully saturated rings. The average Bonchev–Trinajstić information content (AvgIpc) is 3.09. The van der Waals surface area contributed by atoms with Crippen molar-refractivity contribution in [1.29, 1.82) is 0 Å². The molecule has 3 rings (SSSR count). The van der Waals surface area contributed by atoms with Gasteiger partial charge in [0.05, 0.1) is 6.61 Å². The summed E-state index contributed by atoms with van der Waals surface area (Å²) in [4.78, 5) is 46.1. The largest absolute Gasteiger partial charge is 0.474 e. The highest BCUT2D eigenvalue weighted by Gasteiger charge is 2.29. The summed E-state index contributed by atoms with van der Waals surface area (Å²) in [5, 5.41) is 10.6. The van der Waals surface area contributed by atoms with Crippen LogP contribution in [0.1, 0.15) is 17.0 Å². The number of carboxylic acids is 1. The number of hydrogen-bond acceptors (Lipinski definition) is 6. The van der Waals surface area contributed by atoms with Crippen molar-refractivity contribution in [2.24, 2.45) is 0 Å². The van der Waals surface area contributed by atoms with Gasteiger partial charge in [0.1, 0.15) is 12.6 Å². The number of nitrogens with one attached hydrogen (secondary N) is 3. The molecule has 1 aliphatic rings. The summed E-state index contributed by atoms with van der Waals surface area (Å²) in [6.07, 6.45) is -0.907. The smallest absolute Gasteiger partial charge is 0.426 e. The second-order valence-corrected chi connectivity index (χ2v) is 6.73. The highest BCUT2D eigenvalue weighted by atomic mass is 16.6. The zero-order valence-electron chi connectivity index (χ0n) is 16.6. The van der Waals surface area contributed by atoms with Gasteiger partial charge in [0.2, 0.25) is 0 Å². The number of rotatable bonds is 6. The van der Waals surface area contributed by atoms with Gasteiger partial charge in [-0.1, -0.05) is 48.5 Å². The molecule has 0 saturated carbocycles. The van der Waals surface area contributed by atoms with E-state index in [0.717, 1.165) is 22.3 Å². The third-order valence-electron chi connectivity index (χ3n) is 4.78. The Morgan fingerprint density at radius 3 is 2.10 bits per heavy atom. The van der Waals surface area contributed by atoms with Crippen molar-refractivity contribution >= 4 is 23.9 Å². The zero-order valence-corrected chi connectivity index (χ0v) is 16.6. The average molecular weight is 427 g/mol. The Hall–Kier alpha value is -3.92. The number of aliphatic carboxylic acids is 1. The summed E-state index contributed by atoms with van der Waals surface area (Å²) in [6, 6.07) is 14.4. The maximum absolute atomic E-state index is 12.1. The summed E-state index contributed by atoms with van der Waals surface area (Å²) < 4.78 is 10.1. The number of hydrazine groups is 1. The Bertz CT molecular complexity index is 962. The summed E-state index contributed by atoms with van der Waals surface area (Å²) in [5.41, 5.74) is 8.39. The van der Waals surface area contributed by atoms with Crippen LogP contribution in [0, 0.1) is 0 Å². The van der Waals surface area contributed by atoms with E-state index in [9.17, 15) is 19.2 Å². The molecule has 0 aromatic heterocycles. The molecule has 2 aromatic carbocycles. The van der Waals surface area contributed by atoms with Crippen LogP contribution >= 0.6 is 0 Å². The summed E-state index contributed by atoms with van der Waals surface area (Å²) >= 11 is 0. The molecule has 1 atom stereocenters. The monoisotopic (exact) mass is 427 g/mol. The lowest BCUT2D eigenvalue weighted by molar-refractivity contribution is -0.151. The van der Waals surface area contributed by atoms with Gasteiger partial charge in [0.15, 0.2) is 0 Å². The van der Waals surface area contributed by atoms with Gasteiger partial charge in [-0.2, -0.15) is 0 Å². The van der Waals surface area contributed by atoms with Crippen LogP contribution in [0.2, 0.25) is 0 Å². The molecular formula is C21H21N3O7. The topological polar surface area (TPSA) is 143 Å². The van der Waals surface area contributed by atoms with Gasteiger partial charge in [0.25, 0.3) is 5.91 Å². The standard InChI is InChI=1S/C21H21N3O7/c1-30-11-17(22-19(26)20(27)28)18(25)23-24-21(29)31-10-16-14-8-4-2-6-12(14)13-7-3-5-9-15(13)16/h2-9,16-17H,10-11H2,1H3,(H,22,26)(H,23,25)(H,24,29)(H,27,28). The molecule has 0 bridgehead atoms. The van der Waals surface area contributed by atoms with Crippen LogP contribution in [0.4, 0.5) is 4.79 Å². The minimum absolute atomic E-state index is 0.0486. The van der Waals surface area contributed by atoms with Crippen LogP contribution in [-0.4, -0.2) is 55.3 Å². The Morgan fingerprint density at radius 1 is 0.968 bits per heavy atom. The predicted molar refractivity (Wildman–Crippen MR) is 108 cm³/mol. The van der Waals surface area contributed by atoms with Gasteiger partial charge in [0, 0.05) is 13.0 Å². The molecule has 4 N–H and O–H groups in total. The molecule has 1 aliphatic carbocycles. The van der Waals surface area contributed by atoms with Gasteiger partial charge >= 0.3 is 18.0 Å². The van der Waals surface area contributed by atoms with E-state index in [2.05, 4.69) is 10.9 Å². The van der Waals surface area contributed by atoms with Gasteiger partial charge in [-0.3, -0.25) is 15.0 Å². The van der Waals surface area contributed by atoms with Crippen molar-refractivity contribution in [3.63, 3.8) is 0 Å². The molecule has 0 spiro atoms. The molecule has 0 saturated heterocycles. The van der Waals surface area contributed by atoms with Crippen molar-refractivity contribution in [3.05, 3.63) is 59.7 Å². The first-order chi connectivity index (χ1) is 14.9. The fraction of sp³-hybridized carbons (Fsp3) is 0.238. The van der Waals surface area contributed by atoms with Crippen molar-refractivity contribution in [2.75, 3.05) is 20.3 Å². The zero-order chi connectivity index (χ0) is 22.4. The molecule has 10 nitrogen and oxygen atoms in total. The fourth-order valence-corrected chi connectivity index (χ4v) is 3.40. The van der Waals surface area contributed by atoms with Gasteiger partial charge in [-0.15, -0.1) is 0 Å². The van der Waals surface area contributed by atoms with Crippen LogP contribution in [0.5, 0.6) is 0 Å². The van der Waals surface area contributed by atoms with E-state index >= 15 is 0 Å². The van der Waals surface area contributed by atoms with E-state index in [1.807, 2.05) is 53.8 Å². The van der Waals surface area contributed by atoms with E-state index in [1.54, 1.807) is 0 Å². The molecule has 10 heteroatoms. The van der Waals surface area contributed by atoms with E-state index < -0.39 is 29.9 Å². The van der Waals surface area contributed by atoms with Gasteiger partial charge in [-0.05, 0) is 22.3 Å². The van der Waals surface area contributed by atoms with Crippen LogP contribution < -0.4 is 16.2 Å². The van der Waals surface area contributed by atoms with Crippen molar-refractivity contribution in [3.8, 4) is 11.1 Å². The quantitative estimate of drug-likeness (QED) is 0.394. The molecule has 2 aromatic rings. The number of carboxylic acid groups (broad SMARTS) is 1. The minimum Gasteiger partial charge on any atom is -0.474 e. The molecule has 3 amide bonds. The van der Waals surface area contributed by atoms with Gasteiger partial charge < -0.3 is 19.9 Å². The number of benzene rings is 2. The minimum atomic E-state index is -1.75. The predicted octanol–water partition coefficient (Wildman–Crippen LogP) is 0.772. The Labute approximate surface area is 177 Å². The molecule has 162 valence electrons. The molecule has 0 heterocycles. The molecule has 31 heavy (non-hydrogen) atoms. The maximum Gasteiger partial charge on any atom is 0.426 e. The number of methoxy groups -OCH3 is 1. The number of carbonyl (C=O) groups excluding carboxylic acids is 3. The molecule has 0 aliphatic heterocycles. The molecular weight excluding hydrogens is 406 g/mol. The highest BCUT2D eigenvalue weighted by molar-refractivity contribution is 6.32. The first kappa shape index (κ1) is 21.8. The van der Waals surface area contributed by atoms with E-state index in [1.165, 1.54) is 7.11 Å². The lowest BCUT2D eigenvalue weighted by Crippen LogP contribution is -2.55. The van der Waals surface area contributed by atoms with Crippen molar-refractivity contribution < 1.29 is 33.8 Å². The lowest BCUT2D eigenvalue weighted by Gasteiger charge is -2.18. The Balaban J connectivity index is 1.56. The number of hydrogen-bond donors (Lipinski definition) is 4. The number of amides is 3. The van der Waals surface area contributed by atoms with Crippen LogP contribution in [-0.2, 0) is 23.9 Å². The maximum atomic E-state index is 12.1. The summed E-state index contributed by atoms with van der Waals surface area (Å²) in [6.45, 7) is -0.246. The van der Waals surface area contributed by atoms with E-state index in [-0.39, 0.29) is 19.1 Å². The first-order valence-electron chi connectivity index (χ1n) is 9.36. The van der Waals surface area contributed by atoms with Crippen molar-refractivity contribution in [2.45, 2.75) is 12.0 Å². The summed E-state index contributed by atoms with van der Waals surface area (Å²) in [5.74, 6) is -4.15. The van der Waals surface area contributed by atoms with Crippen LogP contribution in [0.3, 0.4) is 0 Å². The van der Waals surface area contributed by atoms with Crippen LogP contribution in [0.15, 0.2) is 48.5 Å². The Morgan fingerprint density at radius 2 is 1.55 bits per heavy atom. The highest BCUT2D eigenvalue weighted by Crippen LogP contribution is 2.44.